The van der Waals surface area contributed by atoms with Crippen LogP contribution in [0.5, 0.6) is 0 Å². The molecule has 1 aromatic carbocycles. The summed E-state index contributed by atoms with van der Waals surface area (Å²) >= 11 is 0. The lowest BCUT2D eigenvalue weighted by atomic mass is 9.85. The van der Waals surface area contributed by atoms with Crippen LogP contribution in [0, 0.1) is 12.7 Å². The van der Waals surface area contributed by atoms with Crippen LogP contribution in [0.3, 0.4) is 0 Å². The van der Waals surface area contributed by atoms with Crippen molar-refractivity contribution in [1.82, 2.24) is 4.90 Å². The van der Waals surface area contributed by atoms with Crippen LogP contribution in [0.2, 0.25) is 0 Å². The fraction of sp³-hybridized carbons (Fsp3) is 0.588. The van der Waals surface area contributed by atoms with Gasteiger partial charge in [-0.15, -0.1) is 0 Å². The summed E-state index contributed by atoms with van der Waals surface area (Å²) in [5.74, 6) is -0.0681. The number of benzene rings is 1. The zero-order chi connectivity index (χ0) is 16.5. The van der Waals surface area contributed by atoms with Crippen LogP contribution in [-0.2, 0) is 4.74 Å². The standard InChI is InChI=1S/C17H25FN2O2/c1-11-9-12(5-6-14(11)18)13-7-8-20(10-15(13)19)16(21)22-17(2,3)4/h5-6,9,13,15H,7-8,10,19H2,1-4H3. The van der Waals surface area contributed by atoms with Crippen LogP contribution in [0.25, 0.3) is 0 Å². The Bertz CT molecular complexity index is 554. The molecule has 2 unspecified atom stereocenters. The fourth-order valence-corrected chi connectivity index (χ4v) is 2.79. The molecule has 0 bridgehead atoms. The SMILES string of the molecule is Cc1cc(C2CCN(C(=O)OC(C)(C)C)CC2N)ccc1F. The number of carbonyl (C=O) groups is 1. The topological polar surface area (TPSA) is 55.6 Å². The molecule has 0 aromatic heterocycles. The van der Waals surface area contributed by atoms with Gasteiger partial charge >= 0.3 is 6.09 Å². The van der Waals surface area contributed by atoms with Crippen molar-refractivity contribution in [2.24, 2.45) is 5.73 Å². The predicted octanol–water partition coefficient (Wildman–Crippen LogP) is 3.19. The Hall–Kier alpha value is -1.62. The Kier molecular flexibility index (Phi) is 4.75. The van der Waals surface area contributed by atoms with E-state index in [1.807, 2.05) is 26.8 Å². The molecule has 1 aliphatic rings. The Balaban J connectivity index is 2.03. The van der Waals surface area contributed by atoms with Gasteiger partial charge in [-0.05, 0) is 51.3 Å². The predicted molar refractivity (Wildman–Crippen MR) is 84.3 cm³/mol. The summed E-state index contributed by atoms with van der Waals surface area (Å²) in [4.78, 5) is 13.8. The molecule has 1 aromatic rings. The van der Waals surface area contributed by atoms with Gasteiger partial charge in [-0.25, -0.2) is 9.18 Å². The van der Waals surface area contributed by atoms with Crippen molar-refractivity contribution in [1.29, 1.82) is 0 Å². The van der Waals surface area contributed by atoms with E-state index in [0.29, 0.717) is 18.7 Å². The molecule has 1 amide bonds. The van der Waals surface area contributed by atoms with Gasteiger partial charge in [0, 0.05) is 25.0 Å². The van der Waals surface area contributed by atoms with E-state index in [9.17, 15) is 9.18 Å². The number of nitrogens with two attached hydrogens (primary N) is 1. The average molecular weight is 308 g/mol. The van der Waals surface area contributed by atoms with Gasteiger partial charge in [0.15, 0.2) is 0 Å². The number of ether oxygens (including phenoxy) is 1. The highest BCUT2D eigenvalue weighted by molar-refractivity contribution is 5.68. The molecule has 2 N–H and O–H groups in total. The molecule has 0 radical (unpaired) electrons. The van der Waals surface area contributed by atoms with E-state index in [4.69, 9.17) is 10.5 Å². The van der Waals surface area contributed by atoms with E-state index >= 15 is 0 Å². The van der Waals surface area contributed by atoms with E-state index in [1.54, 1.807) is 17.9 Å². The van der Waals surface area contributed by atoms with Crippen LogP contribution >= 0.6 is 0 Å². The van der Waals surface area contributed by atoms with E-state index < -0.39 is 5.60 Å². The first-order valence-electron chi connectivity index (χ1n) is 7.67. The summed E-state index contributed by atoms with van der Waals surface area (Å²) in [5, 5.41) is 0. The monoisotopic (exact) mass is 308 g/mol. The van der Waals surface area contributed by atoms with Gasteiger partial charge in [0.05, 0.1) is 0 Å². The first-order valence-corrected chi connectivity index (χ1v) is 7.67. The summed E-state index contributed by atoms with van der Waals surface area (Å²) in [5.41, 5.74) is 7.40. The van der Waals surface area contributed by atoms with Crippen LogP contribution < -0.4 is 5.73 Å². The van der Waals surface area contributed by atoms with Gasteiger partial charge < -0.3 is 15.4 Å². The molecular formula is C17H25FN2O2. The van der Waals surface area contributed by atoms with Crippen LogP contribution in [-0.4, -0.2) is 35.7 Å². The maximum absolute atomic E-state index is 13.4. The maximum atomic E-state index is 13.4. The van der Waals surface area contributed by atoms with Crippen molar-refractivity contribution in [3.63, 3.8) is 0 Å². The zero-order valence-electron chi connectivity index (χ0n) is 13.7. The second-order valence-electron chi connectivity index (χ2n) is 6.99. The second-order valence-corrected chi connectivity index (χ2v) is 6.99. The number of carbonyl (C=O) groups excluding carboxylic acids is 1. The first-order chi connectivity index (χ1) is 10.2. The molecule has 1 fully saturated rings. The van der Waals surface area contributed by atoms with E-state index in [2.05, 4.69) is 0 Å². The Morgan fingerprint density at radius 2 is 2.09 bits per heavy atom. The molecule has 0 spiro atoms. The van der Waals surface area contributed by atoms with Gasteiger partial charge in [0.1, 0.15) is 11.4 Å². The summed E-state index contributed by atoms with van der Waals surface area (Å²) in [7, 11) is 0. The molecule has 2 atom stereocenters. The van der Waals surface area contributed by atoms with Crippen LogP contribution in [0.15, 0.2) is 18.2 Å². The van der Waals surface area contributed by atoms with Gasteiger partial charge in [-0.3, -0.25) is 0 Å². The maximum Gasteiger partial charge on any atom is 0.410 e. The van der Waals surface area contributed by atoms with Gasteiger partial charge in [0.2, 0.25) is 0 Å². The molecule has 22 heavy (non-hydrogen) atoms. The third-order valence-corrected chi connectivity index (χ3v) is 3.92. The van der Waals surface area contributed by atoms with E-state index in [-0.39, 0.29) is 23.9 Å². The molecular weight excluding hydrogens is 283 g/mol. The second kappa shape index (κ2) is 6.24. The lowest BCUT2D eigenvalue weighted by Gasteiger charge is -2.37. The minimum Gasteiger partial charge on any atom is -0.444 e. The number of rotatable bonds is 1. The number of piperidine rings is 1. The molecule has 122 valence electrons. The molecule has 1 saturated heterocycles. The van der Waals surface area contributed by atoms with Crippen molar-refractivity contribution in [2.75, 3.05) is 13.1 Å². The molecule has 5 heteroatoms. The molecule has 1 aliphatic heterocycles. The Labute approximate surface area is 131 Å². The highest BCUT2D eigenvalue weighted by Gasteiger charge is 2.32. The van der Waals surface area contributed by atoms with Gasteiger partial charge in [-0.1, -0.05) is 12.1 Å². The number of aryl methyl sites for hydroxylation is 1. The third kappa shape index (κ3) is 3.97. The largest absolute Gasteiger partial charge is 0.444 e. The molecule has 0 aliphatic carbocycles. The van der Waals surface area contributed by atoms with Gasteiger partial charge in [0.25, 0.3) is 0 Å². The minimum absolute atomic E-state index is 0.137. The molecule has 2 rings (SSSR count). The molecule has 4 nitrogen and oxygen atoms in total. The molecule has 1 heterocycles. The Morgan fingerprint density at radius 3 is 2.64 bits per heavy atom. The lowest BCUT2D eigenvalue weighted by molar-refractivity contribution is 0.0186. The first kappa shape index (κ1) is 16.7. The summed E-state index contributed by atoms with van der Waals surface area (Å²) in [6, 6.07) is 4.95. The number of likely N-dealkylation sites (tertiary alicyclic amines) is 1. The number of amides is 1. The van der Waals surface area contributed by atoms with Crippen molar-refractivity contribution >= 4 is 6.09 Å². The normalized spacial score (nSPS) is 22.5. The van der Waals surface area contributed by atoms with Crippen LogP contribution in [0.4, 0.5) is 9.18 Å². The number of hydrogen-bond donors (Lipinski definition) is 1. The van der Waals surface area contributed by atoms with Crippen molar-refractivity contribution in [3.8, 4) is 0 Å². The summed E-state index contributed by atoms with van der Waals surface area (Å²) < 4.78 is 18.8. The van der Waals surface area contributed by atoms with Crippen LogP contribution in [0.1, 0.15) is 44.2 Å². The zero-order valence-corrected chi connectivity index (χ0v) is 13.7. The minimum atomic E-state index is -0.508. The van der Waals surface area contributed by atoms with E-state index in [1.165, 1.54) is 6.07 Å². The van der Waals surface area contributed by atoms with Crippen molar-refractivity contribution in [3.05, 3.63) is 35.1 Å². The highest BCUT2D eigenvalue weighted by atomic mass is 19.1. The summed E-state index contributed by atoms with van der Waals surface area (Å²) in [6.07, 6.45) is 0.433. The van der Waals surface area contributed by atoms with Crippen molar-refractivity contribution < 1.29 is 13.9 Å². The number of nitrogens with zero attached hydrogens (tertiary/aromatic N) is 1. The smallest absolute Gasteiger partial charge is 0.410 e. The van der Waals surface area contributed by atoms with Crippen molar-refractivity contribution in [2.45, 2.75) is 51.7 Å². The summed E-state index contributed by atoms with van der Waals surface area (Å²) in [6.45, 7) is 8.34. The fourth-order valence-electron chi connectivity index (χ4n) is 2.79. The quantitative estimate of drug-likeness (QED) is 0.867. The van der Waals surface area contributed by atoms with Gasteiger partial charge in [-0.2, -0.15) is 0 Å². The average Bonchev–Trinajstić information content (AvgIpc) is 2.40. The lowest BCUT2D eigenvalue weighted by Crippen LogP contribution is -2.50. The van der Waals surface area contributed by atoms with E-state index in [0.717, 1.165) is 12.0 Å². The third-order valence-electron chi connectivity index (χ3n) is 3.92. The molecule has 0 saturated carbocycles. The highest BCUT2D eigenvalue weighted by Crippen LogP contribution is 2.29. The number of hydrogen-bond acceptors (Lipinski definition) is 3. The Morgan fingerprint density at radius 1 is 1.41 bits per heavy atom. The number of halogens is 1.